The molecule has 0 spiro atoms. The summed E-state index contributed by atoms with van der Waals surface area (Å²) in [6, 6.07) is 0. The number of ether oxygens (including phenoxy) is 2. The normalized spacial score (nSPS) is 14.2. The number of esters is 2. The quantitative estimate of drug-likeness (QED) is 0.0195. The summed E-state index contributed by atoms with van der Waals surface area (Å²) in [5.41, 5.74) is 0. The van der Waals surface area contributed by atoms with Crippen molar-refractivity contribution < 1.29 is 42.1 Å². The van der Waals surface area contributed by atoms with Crippen LogP contribution in [0.2, 0.25) is 0 Å². The van der Waals surface area contributed by atoms with Crippen molar-refractivity contribution in [1.29, 1.82) is 0 Å². The van der Waals surface area contributed by atoms with Crippen LogP contribution in [0.5, 0.6) is 0 Å². The largest absolute Gasteiger partial charge is 0.756 e. The Bertz CT molecular complexity index is 1970. The highest BCUT2D eigenvalue weighted by Gasteiger charge is 2.22. The maximum Gasteiger partial charge on any atom is 0.306 e. The highest BCUT2D eigenvalue weighted by atomic mass is 31.2. The van der Waals surface area contributed by atoms with Crippen molar-refractivity contribution in [2.45, 2.75) is 251 Å². The standard InChI is InChI=1S/C74H122NO8P/c1-6-8-10-12-14-16-18-20-22-24-26-28-30-31-32-33-34-35-36-37-38-39-40-41-42-43-45-47-49-51-53-55-57-59-61-63-65-67-74(77)83-72(71-82-84(78,79)81-69-68-75(3,4)5)70-80-73(76)66-64-62-60-58-56-54-52-50-48-46-44-29-27-25-23-21-19-17-15-13-11-9-7-2/h8-11,14-17,20-23,26-29,31-32,34-35,37-38,40-41,43,45,72H,6-7,12-13,18-19,24-25,30,33,36,39,42,44,46-71H2,1-5H3/b10-8-,11-9-,16-14-,17-15-,22-20-,23-21-,28-26-,29-27-,32-31-,35-34-,38-37-,41-40-,45-43-. The molecule has 0 aromatic heterocycles. The fourth-order valence-electron chi connectivity index (χ4n) is 8.52. The van der Waals surface area contributed by atoms with Crippen molar-refractivity contribution in [2.75, 3.05) is 47.5 Å². The van der Waals surface area contributed by atoms with E-state index in [9.17, 15) is 19.0 Å². The van der Waals surface area contributed by atoms with Gasteiger partial charge in [0.2, 0.25) is 0 Å². The summed E-state index contributed by atoms with van der Waals surface area (Å²) < 4.78 is 34.2. The van der Waals surface area contributed by atoms with E-state index in [0.29, 0.717) is 17.4 Å². The first-order valence-electron chi connectivity index (χ1n) is 33.2. The number of phosphoric ester groups is 1. The number of phosphoric acid groups is 1. The molecule has 0 bridgehead atoms. The maximum atomic E-state index is 12.9. The average molecular weight is 1180 g/mol. The van der Waals surface area contributed by atoms with Crippen molar-refractivity contribution >= 4 is 19.8 Å². The Hall–Kier alpha value is -4.37. The molecule has 0 aliphatic heterocycles. The highest BCUT2D eigenvalue weighted by molar-refractivity contribution is 7.45. The van der Waals surface area contributed by atoms with Gasteiger partial charge in [-0.3, -0.25) is 14.2 Å². The van der Waals surface area contributed by atoms with E-state index in [0.717, 1.165) is 141 Å². The SMILES string of the molecule is CC/C=C\C/C=C\C/C=C\C/C=C\C/C=C\C/C=C\C/C=C\C/C=C\C/C=C\CCCCCCCCCCCC(=O)OC(COC(=O)CCCCCCCCCCCC/C=C\C/C=C\C/C=C\C/C=C\CC)COP(=O)([O-])OCC[N+](C)(C)C. The van der Waals surface area contributed by atoms with Gasteiger partial charge in [0.15, 0.2) is 6.10 Å². The van der Waals surface area contributed by atoms with Crippen LogP contribution in [0.25, 0.3) is 0 Å². The second-order valence-electron chi connectivity index (χ2n) is 22.7. The molecule has 2 unspecified atom stereocenters. The summed E-state index contributed by atoms with van der Waals surface area (Å²) in [6.07, 6.45) is 94.4. The average Bonchev–Trinajstić information content (AvgIpc) is 3.61. The molecule has 84 heavy (non-hydrogen) atoms. The van der Waals surface area contributed by atoms with E-state index in [1.807, 2.05) is 21.1 Å². The Morgan fingerprint density at radius 2 is 0.643 bits per heavy atom. The summed E-state index contributed by atoms with van der Waals surface area (Å²) in [6.45, 7) is 3.99. The Kier molecular flexibility index (Phi) is 59.9. The van der Waals surface area contributed by atoms with Gasteiger partial charge in [-0.2, -0.15) is 0 Å². The first-order valence-corrected chi connectivity index (χ1v) is 34.7. The first kappa shape index (κ1) is 79.6. The molecule has 0 heterocycles. The van der Waals surface area contributed by atoms with Gasteiger partial charge < -0.3 is 27.9 Å². The van der Waals surface area contributed by atoms with Gasteiger partial charge in [0.25, 0.3) is 7.82 Å². The third kappa shape index (κ3) is 66.8. The fourth-order valence-corrected chi connectivity index (χ4v) is 9.25. The van der Waals surface area contributed by atoms with Crippen LogP contribution in [0.3, 0.4) is 0 Å². The molecule has 0 aromatic carbocycles. The van der Waals surface area contributed by atoms with Crippen molar-refractivity contribution in [3.05, 3.63) is 158 Å². The van der Waals surface area contributed by atoms with Crippen molar-refractivity contribution in [2.24, 2.45) is 0 Å². The molecule has 0 saturated carbocycles. The number of quaternary nitrogens is 1. The van der Waals surface area contributed by atoms with Crippen LogP contribution in [-0.2, 0) is 32.7 Å². The van der Waals surface area contributed by atoms with Crippen LogP contribution < -0.4 is 4.89 Å². The topological polar surface area (TPSA) is 111 Å². The monoisotopic (exact) mass is 1180 g/mol. The summed E-state index contributed by atoms with van der Waals surface area (Å²) in [7, 11) is 1.14. The number of unbranched alkanes of at least 4 members (excludes halogenated alkanes) is 19. The molecular formula is C74H122NO8P. The molecule has 0 N–H and O–H groups in total. The Morgan fingerprint density at radius 3 is 0.952 bits per heavy atom. The molecule has 2 atom stereocenters. The number of nitrogens with zero attached hydrogens (tertiary/aromatic N) is 1. The van der Waals surface area contributed by atoms with Gasteiger partial charge in [0, 0.05) is 12.8 Å². The van der Waals surface area contributed by atoms with Gasteiger partial charge in [-0.15, -0.1) is 0 Å². The van der Waals surface area contributed by atoms with Crippen molar-refractivity contribution in [3.8, 4) is 0 Å². The van der Waals surface area contributed by atoms with Crippen LogP contribution >= 0.6 is 7.82 Å². The molecule has 0 saturated heterocycles. The summed E-state index contributed by atoms with van der Waals surface area (Å²) in [5.74, 6) is -0.853. The Balaban J connectivity index is 4.15. The molecule has 0 radical (unpaired) electrons. The lowest BCUT2D eigenvalue weighted by molar-refractivity contribution is -0.870. The van der Waals surface area contributed by atoms with Gasteiger partial charge in [0.1, 0.15) is 19.8 Å². The molecule has 0 amide bonds. The van der Waals surface area contributed by atoms with E-state index in [2.05, 4.69) is 172 Å². The number of likely N-dealkylation sites (N-methyl/N-ethyl adjacent to an activating group) is 1. The molecule has 10 heteroatoms. The predicted molar refractivity (Wildman–Crippen MR) is 360 cm³/mol. The predicted octanol–water partition coefficient (Wildman–Crippen LogP) is 21.0. The molecule has 0 aromatic rings. The van der Waals surface area contributed by atoms with Crippen LogP contribution in [-0.4, -0.2) is 70.0 Å². The summed E-state index contributed by atoms with van der Waals surface area (Å²) >= 11 is 0. The summed E-state index contributed by atoms with van der Waals surface area (Å²) in [4.78, 5) is 38.0. The minimum Gasteiger partial charge on any atom is -0.756 e. The van der Waals surface area contributed by atoms with E-state index < -0.39 is 32.5 Å². The second-order valence-corrected chi connectivity index (χ2v) is 24.1. The number of carbonyl (C=O) groups excluding carboxylic acids is 2. The lowest BCUT2D eigenvalue weighted by Gasteiger charge is -2.28. The van der Waals surface area contributed by atoms with Crippen molar-refractivity contribution in [3.63, 3.8) is 0 Å². The zero-order valence-electron chi connectivity index (χ0n) is 54.0. The Labute approximate surface area is 516 Å². The van der Waals surface area contributed by atoms with Crippen molar-refractivity contribution in [1.82, 2.24) is 0 Å². The minimum atomic E-state index is -4.65. The lowest BCUT2D eigenvalue weighted by atomic mass is 10.1. The van der Waals surface area contributed by atoms with E-state index >= 15 is 0 Å². The zero-order valence-corrected chi connectivity index (χ0v) is 54.9. The minimum absolute atomic E-state index is 0.0408. The third-order valence-corrected chi connectivity index (χ3v) is 14.5. The van der Waals surface area contributed by atoms with E-state index in [1.165, 1.54) is 70.6 Å². The molecule has 0 fully saturated rings. The van der Waals surface area contributed by atoms with Gasteiger partial charge in [-0.05, 0) is 122 Å². The van der Waals surface area contributed by atoms with Gasteiger partial charge in [-0.25, -0.2) is 0 Å². The van der Waals surface area contributed by atoms with Gasteiger partial charge in [0.05, 0.1) is 27.7 Å². The number of carbonyl (C=O) groups is 2. The van der Waals surface area contributed by atoms with Crippen LogP contribution in [0.1, 0.15) is 245 Å². The van der Waals surface area contributed by atoms with E-state index in [1.54, 1.807) is 0 Å². The third-order valence-electron chi connectivity index (χ3n) is 13.5. The highest BCUT2D eigenvalue weighted by Crippen LogP contribution is 2.38. The zero-order chi connectivity index (χ0) is 61.2. The second kappa shape index (κ2) is 63.1. The number of hydrogen-bond acceptors (Lipinski definition) is 8. The first-order chi connectivity index (χ1) is 41.0. The van der Waals surface area contributed by atoms with Crippen LogP contribution in [0.15, 0.2) is 158 Å². The number of rotatable bonds is 59. The van der Waals surface area contributed by atoms with Gasteiger partial charge >= 0.3 is 11.9 Å². The Morgan fingerprint density at radius 1 is 0.369 bits per heavy atom. The fraction of sp³-hybridized carbons (Fsp3) is 0.622. The van der Waals surface area contributed by atoms with Crippen LogP contribution in [0, 0.1) is 0 Å². The lowest BCUT2D eigenvalue weighted by Crippen LogP contribution is -2.37. The smallest absolute Gasteiger partial charge is 0.306 e. The van der Waals surface area contributed by atoms with E-state index in [4.69, 9.17) is 18.5 Å². The summed E-state index contributed by atoms with van der Waals surface area (Å²) in [5, 5.41) is 0. The number of allylic oxidation sites excluding steroid dienone is 26. The van der Waals surface area contributed by atoms with Gasteiger partial charge in [-0.1, -0.05) is 268 Å². The molecule has 0 rings (SSSR count). The van der Waals surface area contributed by atoms with E-state index in [-0.39, 0.29) is 26.1 Å². The number of hydrogen-bond donors (Lipinski definition) is 0. The maximum absolute atomic E-state index is 12.9. The molecule has 476 valence electrons. The molecule has 9 nitrogen and oxygen atoms in total. The molecular weight excluding hydrogens is 1060 g/mol. The molecule has 0 aliphatic carbocycles. The van der Waals surface area contributed by atoms with Crippen LogP contribution in [0.4, 0.5) is 0 Å². The molecule has 0 aliphatic rings.